The first-order valence-corrected chi connectivity index (χ1v) is 13.0. The number of ether oxygens (including phenoxy) is 1. The number of allylic oxidation sites excluding steroid dienone is 3. The molecule has 0 radical (unpaired) electrons. The van der Waals surface area contributed by atoms with Crippen LogP contribution in [0.3, 0.4) is 0 Å². The summed E-state index contributed by atoms with van der Waals surface area (Å²) in [5.74, 6) is -1.52. The third-order valence-electron chi connectivity index (χ3n) is 6.18. The molecule has 0 bridgehead atoms. The van der Waals surface area contributed by atoms with Gasteiger partial charge in [0.1, 0.15) is 19.3 Å². The van der Waals surface area contributed by atoms with E-state index in [1.54, 1.807) is 36.4 Å². The van der Waals surface area contributed by atoms with Gasteiger partial charge >= 0.3 is 6.09 Å². The van der Waals surface area contributed by atoms with Gasteiger partial charge in [0, 0.05) is 6.42 Å². The minimum absolute atomic E-state index is 0.0943. The number of amides is 3. The fraction of sp³-hybridized carbons (Fsp3) is 0.333. The molecule has 9 heteroatoms. The maximum absolute atomic E-state index is 13.3. The van der Waals surface area contributed by atoms with Crippen LogP contribution in [-0.4, -0.2) is 36.4 Å². The normalized spacial score (nSPS) is 14.7. The Labute approximate surface area is 227 Å². The molecule has 2 atom stereocenters. The Balaban J connectivity index is 1.61. The maximum Gasteiger partial charge on any atom is 0.412 e. The van der Waals surface area contributed by atoms with Crippen molar-refractivity contribution in [2.75, 3.05) is 17.3 Å². The Morgan fingerprint density at radius 1 is 0.897 bits per heavy atom. The molecule has 3 N–H and O–H groups in total. The molecule has 0 fully saturated rings. The Hall–Kier alpha value is -4.27. The Morgan fingerprint density at radius 3 is 2.31 bits per heavy atom. The molecule has 0 spiro atoms. The number of hydrogen-bond donors (Lipinski definition) is 3. The molecule has 2 aromatic rings. The van der Waals surface area contributed by atoms with Gasteiger partial charge in [-0.25, -0.2) is 9.18 Å². The minimum atomic E-state index is -0.975. The number of carbonyl (C=O) groups is 4. The molecule has 0 aliphatic heterocycles. The molecule has 3 rings (SSSR count). The Kier molecular flexibility index (Phi) is 11.9. The molecule has 39 heavy (non-hydrogen) atoms. The number of benzene rings is 2. The van der Waals surface area contributed by atoms with Gasteiger partial charge in [-0.1, -0.05) is 79.6 Å². The molecule has 0 saturated carbocycles. The number of ketones is 1. The van der Waals surface area contributed by atoms with Crippen LogP contribution in [0.1, 0.15) is 44.1 Å². The first-order valence-electron chi connectivity index (χ1n) is 13.0. The SMILES string of the molecule is O=C(CF)CCCCC[C@H](NC(=O)C1C=CC=CC1)C(=O)Nc1ccccc1NC(=O)OCc1ccccc1. The van der Waals surface area contributed by atoms with Gasteiger partial charge in [0.2, 0.25) is 11.8 Å². The Morgan fingerprint density at radius 2 is 1.62 bits per heavy atom. The molecule has 2 aromatic carbocycles. The third-order valence-corrected chi connectivity index (χ3v) is 6.18. The summed E-state index contributed by atoms with van der Waals surface area (Å²) in [4.78, 5) is 49.7. The zero-order chi connectivity index (χ0) is 27.9. The number of para-hydroxylation sites is 2. The van der Waals surface area contributed by atoms with Crippen LogP contribution >= 0.6 is 0 Å². The lowest BCUT2D eigenvalue weighted by Gasteiger charge is -2.22. The summed E-state index contributed by atoms with van der Waals surface area (Å²) < 4.78 is 17.7. The van der Waals surface area contributed by atoms with Crippen molar-refractivity contribution in [3.8, 4) is 0 Å². The van der Waals surface area contributed by atoms with Crippen molar-refractivity contribution < 1.29 is 28.3 Å². The summed E-state index contributed by atoms with van der Waals surface area (Å²) >= 11 is 0. The molecule has 0 aromatic heterocycles. The van der Waals surface area contributed by atoms with Gasteiger partial charge in [0.15, 0.2) is 5.78 Å². The van der Waals surface area contributed by atoms with Crippen LogP contribution < -0.4 is 16.0 Å². The van der Waals surface area contributed by atoms with Crippen molar-refractivity contribution in [3.05, 3.63) is 84.5 Å². The van der Waals surface area contributed by atoms with Crippen LogP contribution in [0, 0.1) is 5.92 Å². The zero-order valence-electron chi connectivity index (χ0n) is 21.7. The lowest BCUT2D eigenvalue weighted by molar-refractivity contribution is -0.128. The van der Waals surface area contributed by atoms with Crippen LogP contribution in [0.4, 0.5) is 20.6 Å². The predicted molar refractivity (Wildman–Crippen MR) is 148 cm³/mol. The highest BCUT2D eigenvalue weighted by atomic mass is 19.1. The smallest absolute Gasteiger partial charge is 0.412 e. The van der Waals surface area contributed by atoms with Crippen molar-refractivity contribution in [3.63, 3.8) is 0 Å². The minimum Gasteiger partial charge on any atom is -0.444 e. The second kappa shape index (κ2) is 15.9. The van der Waals surface area contributed by atoms with Gasteiger partial charge in [-0.3, -0.25) is 19.7 Å². The number of anilines is 2. The van der Waals surface area contributed by atoms with E-state index >= 15 is 0 Å². The summed E-state index contributed by atoms with van der Waals surface area (Å²) in [5.41, 5.74) is 1.54. The summed E-state index contributed by atoms with van der Waals surface area (Å²) in [6, 6.07) is 15.1. The van der Waals surface area contributed by atoms with Gasteiger partial charge in [0.05, 0.1) is 17.3 Å². The van der Waals surface area contributed by atoms with Crippen molar-refractivity contribution in [2.24, 2.45) is 5.92 Å². The summed E-state index contributed by atoms with van der Waals surface area (Å²) in [5, 5.41) is 8.30. The average molecular weight is 536 g/mol. The number of carbonyl (C=O) groups excluding carboxylic acids is 4. The van der Waals surface area contributed by atoms with Crippen LogP contribution in [0.5, 0.6) is 0 Å². The summed E-state index contributed by atoms with van der Waals surface area (Å²) in [6.45, 7) is -0.880. The van der Waals surface area contributed by atoms with Gasteiger partial charge in [-0.15, -0.1) is 0 Å². The average Bonchev–Trinajstić information content (AvgIpc) is 2.97. The van der Waals surface area contributed by atoms with Gasteiger partial charge < -0.3 is 15.4 Å². The highest BCUT2D eigenvalue weighted by molar-refractivity contribution is 6.01. The van der Waals surface area contributed by atoms with E-state index in [1.165, 1.54) is 0 Å². The number of Topliss-reactive ketones (excluding diaryl/α,β-unsaturated/α-hetero) is 1. The molecule has 1 aliphatic carbocycles. The molecule has 1 unspecified atom stereocenters. The largest absolute Gasteiger partial charge is 0.444 e. The van der Waals surface area contributed by atoms with E-state index in [4.69, 9.17) is 4.74 Å². The monoisotopic (exact) mass is 535 g/mol. The number of unbranched alkanes of at least 4 members (excludes halogenated alkanes) is 2. The lowest BCUT2D eigenvalue weighted by Crippen LogP contribution is -2.46. The number of nitrogens with one attached hydrogen (secondary N) is 3. The van der Waals surface area contributed by atoms with E-state index in [-0.39, 0.29) is 24.9 Å². The van der Waals surface area contributed by atoms with E-state index < -0.39 is 30.5 Å². The van der Waals surface area contributed by atoms with Crippen molar-refractivity contribution in [1.82, 2.24) is 5.32 Å². The van der Waals surface area contributed by atoms with Crippen LogP contribution in [0.25, 0.3) is 0 Å². The molecule has 8 nitrogen and oxygen atoms in total. The highest BCUT2D eigenvalue weighted by Gasteiger charge is 2.25. The van der Waals surface area contributed by atoms with Crippen LogP contribution in [0.15, 0.2) is 78.9 Å². The standard InChI is InChI=1S/C30H34FN3O5/c31-20-24(35)16-8-3-9-19-27(33-28(36)23-14-6-2-7-15-23)29(37)32-25-17-10-11-18-26(25)34-30(38)39-21-22-12-4-1-5-13-22/h1-2,4-7,10-14,17-18,23,27H,3,8-9,15-16,19-21H2,(H,32,37)(H,33,36)(H,34,38)/t23?,27-/m0/s1. The van der Waals surface area contributed by atoms with E-state index in [0.717, 1.165) is 5.56 Å². The highest BCUT2D eigenvalue weighted by Crippen LogP contribution is 2.22. The quantitative estimate of drug-likeness (QED) is 0.277. The summed E-state index contributed by atoms with van der Waals surface area (Å²) in [7, 11) is 0. The van der Waals surface area contributed by atoms with Crippen LogP contribution in [-0.2, 0) is 25.7 Å². The first kappa shape index (κ1) is 29.3. The van der Waals surface area contributed by atoms with E-state index in [1.807, 2.05) is 42.5 Å². The summed E-state index contributed by atoms with van der Waals surface area (Å²) in [6.07, 6.45) is 9.37. The van der Waals surface area contributed by atoms with Gasteiger partial charge in [-0.05, 0) is 37.0 Å². The van der Waals surface area contributed by atoms with Gasteiger partial charge in [0.25, 0.3) is 0 Å². The second-order valence-corrected chi connectivity index (χ2v) is 9.21. The fourth-order valence-corrected chi connectivity index (χ4v) is 4.03. The fourth-order valence-electron chi connectivity index (χ4n) is 4.03. The number of alkyl halides is 1. The van der Waals surface area contributed by atoms with Crippen LogP contribution in [0.2, 0.25) is 0 Å². The van der Waals surface area contributed by atoms with E-state index in [2.05, 4.69) is 16.0 Å². The first-order chi connectivity index (χ1) is 19.0. The number of hydrogen-bond acceptors (Lipinski definition) is 5. The molecular weight excluding hydrogens is 501 g/mol. The van der Waals surface area contributed by atoms with Crippen molar-refractivity contribution in [1.29, 1.82) is 0 Å². The third kappa shape index (κ3) is 10.2. The Bertz CT molecular complexity index is 1180. The van der Waals surface area contributed by atoms with Crippen molar-refractivity contribution in [2.45, 2.75) is 51.2 Å². The molecule has 0 heterocycles. The predicted octanol–water partition coefficient (Wildman–Crippen LogP) is 5.48. The topological polar surface area (TPSA) is 114 Å². The van der Waals surface area contributed by atoms with E-state index in [0.29, 0.717) is 43.5 Å². The van der Waals surface area contributed by atoms with Crippen molar-refractivity contribution >= 4 is 35.1 Å². The van der Waals surface area contributed by atoms with Gasteiger partial charge in [-0.2, -0.15) is 0 Å². The van der Waals surface area contributed by atoms with E-state index in [9.17, 15) is 23.6 Å². The molecule has 1 aliphatic rings. The molecule has 3 amide bonds. The lowest BCUT2D eigenvalue weighted by atomic mass is 9.98. The zero-order valence-corrected chi connectivity index (χ0v) is 21.7. The number of halogens is 1. The number of rotatable bonds is 14. The molecule has 206 valence electrons. The molecular formula is C30H34FN3O5. The maximum atomic E-state index is 13.3. The second-order valence-electron chi connectivity index (χ2n) is 9.21. The molecule has 0 saturated heterocycles.